The smallest absolute Gasteiger partial charge is 0.222 e. The Balaban J connectivity index is 1.37. The van der Waals surface area contributed by atoms with Crippen molar-refractivity contribution in [1.29, 1.82) is 0 Å². The summed E-state index contributed by atoms with van der Waals surface area (Å²) in [5.41, 5.74) is 3.14. The van der Waals surface area contributed by atoms with Gasteiger partial charge in [0.2, 0.25) is 5.91 Å². The van der Waals surface area contributed by atoms with Crippen LogP contribution < -0.4 is 5.32 Å². The molecule has 2 aromatic heterocycles. The van der Waals surface area contributed by atoms with Gasteiger partial charge >= 0.3 is 0 Å². The lowest BCUT2D eigenvalue weighted by molar-refractivity contribution is -0.129. The largest absolute Gasteiger partial charge is 0.367 e. The van der Waals surface area contributed by atoms with Crippen molar-refractivity contribution >= 4 is 22.6 Å². The molecule has 2 N–H and O–H groups in total. The summed E-state index contributed by atoms with van der Waals surface area (Å²) in [5.74, 6) is 1.05. The van der Waals surface area contributed by atoms with Crippen LogP contribution in [0.2, 0.25) is 0 Å². The van der Waals surface area contributed by atoms with Crippen LogP contribution in [-0.2, 0) is 17.6 Å². The summed E-state index contributed by atoms with van der Waals surface area (Å²) in [4.78, 5) is 19.1. The highest BCUT2D eigenvalue weighted by molar-refractivity contribution is 5.92. The number of hydrogen-bond donors (Lipinski definition) is 2. The fourth-order valence-electron chi connectivity index (χ4n) is 4.25. The summed E-state index contributed by atoms with van der Waals surface area (Å²) in [5, 5.41) is 12.2. The average Bonchev–Trinajstić information content (AvgIpc) is 3.21. The highest BCUT2D eigenvalue weighted by Crippen LogP contribution is 2.27. The number of fused-ring (bicyclic) bond motifs is 1. The number of nitrogens with one attached hydrogen (secondary N) is 2. The molecule has 2 heterocycles. The van der Waals surface area contributed by atoms with E-state index in [-0.39, 0.29) is 5.91 Å². The van der Waals surface area contributed by atoms with Gasteiger partial charge in [-0.1, -0.05) is 49.6 Å². The van der Waals surface area contributed by atoms with Gasteiger partial charge in [-0.05, 0) is 37.3 Å². The van der Waals surface area contributed by atoms with Crippen LogP contribution in [0.15, 0.2) is 42.6 Å². The third-order valence-corrected chi connectivity index (χ3v) is 6.08. The first-order valence-electron chi connectivity index (χ1n) is 11.1. The number of nitrogens with zero attached hydrogens (tertiary/aromatic N) is 3. The van der Waals surface area contributed by atoms with Crippen LogP contribution in [0.4, 0.5) is 5.82 Å². The number of aromatic amines is 1. The van der Waals surface area contributed by atoms with Crippen molar-refractivity contribution in [1.82, 2.24) is 20.1 Å². The van der Waals surface area contributed by atoms with Gasteiger partial charge < -0.3 is 10.2 Å². The van der Waals surface area contributed by atoms with Crippen molar-refractivity contribution in [2.75, 3.05) is 18.9 Å². The van der Waals surface area contributed by atoms with E-state index in [0.29, 0.717) is 18.9 Å². The second-order valence-electron chi connectivity index (χ2n) is 8.29. The number of carbonyl (C=O) groups excluding carboxylic acids is 1. The van der Waals surface area contributed by atoms with E-state index < -0.39 is 0 Å². The Morgan fingerprint density at radius 3 is 2.73 bits per heavy atom. The molecule has 1 saturated carbocycles. The number of anilines is 1. The molecule has 0 bridgehead atoms. The van der Waals surface area contributed by atoms with Crippen molar-refractivity contribution in [3.63, 3.8) is 0 Å². The first-order chi connectivity index (χ1) is 14.7. The second kappa shape index (κ2) is 9.74. The molecular formula is C24H31N5O. The molecule has 6 heteroatoms. The summed E-state index contributed by atoms with van der Waals surface area (Å²) in [7, 11) is 1.88. The molecular weight excluding hydrogens is 374 g/mol. The number of benzene rings is 1. The van der Waals surface area contributed by atoms with Crippen LogP contribution in [0.25, 0.3) is 10.9 Å². The number of hydrogen-bond acceptors (Lipinski definition) is 4. The van der Waals surface area contributed by atoms with E-state index in [4.69, 9.17) is 0 Å². The van der Waals surface area contributed by atoms with Gasteiger partial charge in [0.25, 0.3) is 0 Å². The van der Waals surface area contributed by atoms with Gasteiger partial charge in [-0.15, -0.1) is 0 Å². The minimum absolute atomic E-state index is 0.152. The summed E-state index contributed by atoms with van der Waals surface area (Å²) in [6.07, 6.45) is 10.0. The zero-order chi connectivity index (χ0) is 20.8. The summed E-state index contributed by atoms with van der Waals surface area (Å²) >= 11 is 0. The number of aromatic nitrogens is 3. The van der Waals surface area contributed by atoms with E-state index in [2.05, 4.69) is 32.6 Å². The van der Waals surface area contributed by atoms with E-state index in [1.165, 1.54) is 37.7 Å². The summed E-state index contributed by atoms with van der Waals surface area (Å²) in [6, 6.07) is 12.7. The highest BCUT2D eigenvalue weighted by Gasteiger charge is 2.18. The fraction of sp³-hybridized carbons (Fsp3) is 0.458. The lowest BCUT2D eigenvalue weighted by Crippen LogP contribution is -2.29. The van der Waals surface area contributed by atoms with E-state index >= 15 is 0 Å². The summed E-state index contributed by atoms with van der Waals surface area (Å²) in [6.45, 7) is 0.725. The van der Waals surface area contributed by atoms with Crippen molar-refractivity contribution in [3.05, 3.63) is 53.9 Å². The fourth-order valence-corrected chi connectivity index (χ4v) is 4.25. The molecule has 0 saturated heterocycles. The van der Waals surface area contributed by atoms with Gasteiger partial charge in [-0.25, -0.2) is 4.98 Å². The van der Waals surface area contributed by atoms with Crippen LogP contribution >= 0.6 is 0 Å². The average molecular weight is 406 g/mol. The predicted molar refractivity (Wildman–Crippen MR) is 120 cm³/mol. The zero-order valence-electron chi connectivity index (χ0n) is 17.7. The summed E-state index contributed by atoms with van der Waals surface area (Å²) < 4.78 is 0. The lowest BCUT2D eigenvalue weighted by Gasteiger charge is -2.23. The molecule has 1 aliphatic rings. The van der Waals surface area contributed by atoms with E-state index in [0.717, 1.165) is 35.4 Å². The van der Waals surface area contributed by atoms with E-state index in [1.807, 2.05) is 36.2 Å². The minimum Gasteiger partial charge on any atom is -0.367 e. The third-order valence-electron chi connectivity index (χ3n) is 6.08. The molecule has 6 nitrogen and oxygen atoms in total. The molecule has 30 heavy (non-hydrogen) atoms. The zero-order valence-corrected chi connectivity index (χ0v) is 17.7. The van der Waals surface area contributed by atoms with Crippen molar-refractivity contribution in [2.24, 2.45) is 0 Å². The van der Waals surface area contributed by atoms with Crippen molar-refractivity contribution in [3.8, 4) is 0 Å². The standard InChI is InChI=1S/C24H31N5O/c1-29(17-15-18-8-4-2-5-9-18)22(30)13-12-20-23-21(28-27-20)14-16-25-24(23)26-19-10-6-3-7-11-19/h2,4-5,8-9,14,16,19H,3,6-7,10-13,15,17H2,1H3,(H,25,26)(H,27,28). The Labute approximate surface area is 178 Å². The number of H-pyrrole nitrogens is 1. The predicted octanol–water partition coefficient (Wildman–Crippen LogP) is 4.34. The van der Waals surface area contributed by atoms with E-state index in [1.54, 1.807) is 6.20 Å². The van der Waals surface area contributed by atoms with E-state index in [9.17, 15) is 4.79 Å². The Morgan fingerprint density at radius 2 is 1.93 bits per heavy atom. The Bertz CT molecular complexity index is 962. The number of amides is 1. The number of aryl methyl sites for hydroxylation is 1. The van der Waals surface area contributed by atoms with Crippen LogP contribution in [0, 0.1) is 0 Å². The van der Waals surface area contributed by atoms with Crippen LogP contribution in [0.5, 0.6) is 0 Å². The maximum Gasteiger partial charge on any atom is 0.222 e. The van der Waals surface area contributed by atoms with Crippen molar-refractivity contribution < 1.29 is 4.79 Å². The maximum absolute atomic E-state index is 12.7. The maximum atomic E-state index is 12.7. The number of likely N-dealkylation sites (N-methyl/N-ethyl adjacent to an activating group) is 1. The Morgan fingerprint density at radius 1 is 1.13 bits per heavy atom. The molecule has 1 fully saturated rings. The number of pyridine rings is 1. The second-order valence-corrected chi connectivity index (χ2v) is 8.29. The molecule has 1 amide bonds. The molecule has 1 aromatic carbocycles. The Kier molecular flexibility index (Phi) is 6.62. The molecule has 0 spiro atoms. The molecule has 1 aliphatic carbocycles. The number of carbonyl (C=O) groups is 1. The van der Waals surface area contributed by atoms with Gasteiger partial charge in [0.05, 0.1) is 10.9 Å². The van der Waals surface area contributed by atoms with Crippen LogP contribution in [0.3, 0.4) is 0 Å². The first-order valence-corrected chi connectivity index (χ1v) is 11.1. The number of rotatable bonds is 8. The molecule has 0 aliphatic heterocycles. The highest BCUT2D eigenvalue weighted by atomic mass is 16.2. The SMILES string of the molecule is CN(CCc1ccccc1)C(=O)CCc1[nH]nc2ccnc(NC3CCCCC3)c12. The van der Waals surface area contributed by atoms with Crippen LogP contribution in [-0.4, -0.2) is 45.6 Å². The topological polar surface area (TPSA) is 73.9 Å². The molecule has 0 unspecified atom stereocenters. The Hall–Kier alpha value is -2.89. The van der Waals surface area contributed by atoms with Gasteiger partial charge in [-0.3, -0.25) is 9.89 Å². The molecule has 0 atom stereocenters. The molecule has 4 rings (SSSR count). The monoisotopic (exact) mass is 405 g/mol. The van der Waals surface area contributed by atoms with Crippen LogP contribution in [0.1, 0.15) is 49.8 Å². The van der Waals surface area contributed by atoms with Gasteiger partial charge in [-0.2, -0.15) is 5.10 Å². The first kappa shape index (κ1) is 20.4. The molecule has 3 aromatic rings. The minimum atomic E-state index is 0.152. The molecule has 158 valence electrons. The normalized spacial score (nSPS) is 14.7. The quantitative estimate of drug-likeness (QED) is 0.585. The van der Waals surface area contributed by atoms with Crippen molar-refractivity contribution in [2.45, 2.75) is 57.4 Å². The lowest BCUT2D eigenvalue weighted by atomic mass is 9.95. The molecule has 0 radical (unpaired) electrons. The third kappa shape index (κ3) is 4.99. The van der Waals surface area contributed by atoms with Gasteiger partial charge in [0, 0.05) is 37.9 Å². The van der Waals surface area contributed by atoms with Gasteiger partial charge in [0.1, 0.15) is 5.82 Å². The van der Waals surface area contributed by atoms with Gasteiger partial charge in [0.15, 0.2) is 0 Å².